The molecule has 3 atom stereocenters. The standard InChI is InChI=1S/C17H27NO4/c1-13-8-18(9-14(2)22-13)10-16(19)12-21-11-15-5-4-6-17(7-15)20-3/h4-7,13-14,16,19H,8-12H2,1-3H3. The van der Waals surface area contributed by atoms with E-state index in [4.69, 9.17) is 14.2 Å². The number of methoxy groups -OCH3 is 1. The Hall–Kier alpha value is -1.14. The molecule has 1 aromatic rings. The number of ether oxygens (including phenoxy) is 3. The van der Waals surface area contributed by atoms with Gasteiger partial charge in [-0.1, -0.05) is 12.1 Å². The summed E-state index contributed by atoms with van der Waals surface area (Å²) in [6, 6.07) is 7.77. The Balaban J connectivity index is 1.70. The number of hydrogen-bond acceptors (Lipinski definition) is 5. The Kier molecular flexibility index (Phi) is 6.64. The second-order valence-electron chi connectivity index (χ2n) is 6.00. The van der Waals surface area contributed by atoms with Crippen LogP contribution in [0.3, 0.4) is 0 Å². The highest BCUT2D eigenvalue weighted by Crippen LogP contribution is 2.14. The van der Waals surface area contributed by atoms with Gasteiger partial charge in [-0.25, -0.2) is 0 Å². The summed E-state index contributed by atoms with van der Waals surface area (Å²) in [7, 11) is 1.65. The number of β-amino-alcohol motifs (C(OH)–C–C–N with tert-alkyl or cyclic N) is 1. The van der Waals surface area contributed by atoms with Crippen LogP contribution in [0.1, 0.15) is 19.4 Å². The van der Waals surface area contributed by atoms with Gasteiger partial charge in [0, 0.05) is 19.6 Å². The van der Waals surface area contributed by atoms with Crippen molar-refractivity contribution in [2.75, 3.05) is 33.4 Å². The van der Waals surface area contributed by atoms with Crippen molar-refractivity contribution in [3.8, 4) is 5.75 Å². The van der Waals surface area contributed by atoms with Crippen LogP contribution in [0.15, 0.2) is 24.3 Å². The number of aliphatic hydroxyl groups excluding tert-OH is 1. The van der Waals surface area contributed by atoms with Gasteiger partial charge in [0.2, 0.25) is 0 Å². The van der Waals surface area contributed by atoms with E-state index < -0.39 is 6.10 Å². The van der Waals surface area contributed by atoms with Crippen molar-refractivity contribution >= 4 is 0 Å². The van der Waals surface area contributed by atoms with E-state index in [1.54, 1.807) is 7.11 Å². The van der Waals surface area contributed by atoms with Crippen LogP contribution >= 0.6 is 0 Å². The van der Waals surface area contributed by atoms with E-state index in [1.165, 1.54) is 0 Å². The Morgan fingerprint density at radius 1 is 1.32 bits per heavy atom. The molecule has 1 aromatic carbocycles. The third kappa shape index (κ3) is 5.57. The van der Waals surface area contributed by atoms with E-state index in [0.29, 0.717) is 19.8 Å². The van der Waals surface area contributed by atoms with Crippen LogP contribution in [0.5, 0.6) is 5.75 Å². The van der Waals surface area contributed by atoms with Gasteiger partial charge in [-0.15, -0.1) is 0 Å². The van der Waals surface area contributed by atoms with Crippen LogP contribution < -0.4 is 4.74 Å². The van der Waals surface area contributed by atoms with Crippen molar-refractivity contribution in [1.29, 1.82) is 0 Å². The quantitative estimate of drug-likeness (QED) is 0.830. The SMILES string of the molecule is COc1cccc(COCC(O)CN2CC(C)OC(C)C2)c1. The minimum absolute atomic E-state index is 0.216. The minimum atomic E-state index is -0.483. The molecule has 0 spiro atoms. The molecule has 0 amide bonds. The molecule has 22 heavy (non-hydrogen) atoms. The average Bonchev–Trinajstić information content (AvgIpc) is 2.46. The van der Waals surface area contributed by atoms with Crippen LogP contribution in [0.2, 0.25) is 0 Å². The van der Waals surface area contributed by atoms with Crippen LogP contribution in [0.4, 0.5) is 0 Å². The minimum Gasteiger partial charge on any atom is -0.497 e. The van der Waals surface area contributed by atoms with E-state index in [0.717, 1.165) is 24.4 Å². The predicted molar refractivity (Wildman–Crippen MR) is 85.1 cm³/mol. The Bertz CT molecular complexity index is 444. The highest BCUT2D eigenvalue weighted by molar-refractivity contribution is 5.27. The van der Waals surface area contributed by atoms with Gasteiger partial charge in [-0.3, -0.25) is 4.90 Å². The first-order valence-corrected chi connectivity index (χ1v) is 7.83. The zero-order chi connectivity index (χ0) is 15.9. The lowest BCUT2D eigenvalue weighted by Gasteiger charge is -2.36. The molecule has 1 heterocycles. The van der Waals surface area contributed by atoms with Crippen molar-refractivity contribution in [2.45, 2.75) is 38.8 Å². The van der Waals surface area contributed by atoms with Crippen molar-refractivity contribution in [3.05, 3.63) is 29.8 Å². The number of benzene rings is 1. The zero-order valence-electron chi connectivity index (χ0n) is 13.7. The summed E-state index contributed by atoms with van der Waals surface area (Å²) in [6.07, 6.45) is -0.0505. The molecule has 0 aliphatic carbocycles. The molecule has 1 aliphatic rings. The Morgan fingerprint density at radius 2 is 2.05 bits per heavy atom. The van der Waals surface area contributed by atoms with Crippen molar-refractivity contribution in [2.24, 2.45) is 0 Å². The molecule has 1 N–H and O–H groups in total. The monoisotopic (exact) mass is 309 g/mol. The number of rotatable bonds is 7. The van der Waals surface area contributed by atoms with Crippen LogP contribution in [0.25, 0.3) is 0 Å². The molecular formula is C17H27NO4. The third-order valence-electron chi connectivity index (χ3n) is 3.68. The highest BCUT2D eigenvalue weighted by atomic mass is 16.5. The largest absolute Gasteiger partial charge is 0.497 e. The van der Waals surface area contributed by atoms with Gasteiger partial charge >= 0.3 is 0 Å². The molecule has 1 fully saturated rings. The third-order valence-corrected chi connectivity index (χ3v) is 3.68. The van der Waals surface area contributed by atoms with E-state index >= 15 is 0 Å². The maximum atomic E-state index is 10.1. The summed E-state index contributed by atoms with van der Waals surface area (Å²) in [5.41, 5.74) is 1.04. The fraction of sp³-hybridized carbons (Fsp3) is 0.647. The van der Waals surface area contributed by atoms with E-state index in [9.17, 15) is 5.11 Å². The van der Waals surface area contributed by atoms with Crippen LogP contribution in [-0.2, 0) is 16.1 Å². The fourth-order valence-electron chi connectivity index (χ4n) is 2.86. The molecule has 124 valence electrons. The molecule has 1 aliphatic heterocycles. The van der Waals surface area contributed by atoms with Crippen LogP contribution in [0, 0.1) is 0 Å². The molecule has 0 saturated carbocycles. The van der Waals surface area contributed by atoms with Gasteiger partial charge in [0.15, 0.2) is 0 Å². The summed E-state index contributed by atoms with van der Waals surface area (Å²) in [6.45, 7) is 7.27. The van der Waals surface area contributed by atoms with E-state index in [-0.39, 0.29) is 12.2 Å². The lowest BCUT2D eigenvalue weighted by Crippen LogP contribution is -2.48. The zero-order valence-corrected chi connectivity index (χ0v) is 13.7. The van der Waals surface area contributed by atoms with Gasteiger partial charge in [0.05, 0.1) is 38.6 Å². The maximum Gasteiger partial charge on any atom is 0.119 e. The second-order valence-corrected chi connectivity index (χ2v) is 6.00. The first-order valence-electron chi connectivity index (χ1n) is 7.83. The molecule has 5 heteroatoms. The van der Waals surface area contributed by atoms with Crippen LogP contribution in [-0.4, -0.2) is 61.7 Å². The van der Waals surface area contributed by atoms with Crippen molar-refractivity contribution < 1.29 is 19.3 Å². The summed E-state index contributed by atoms with van der Waals surface area (Å²) < 4.78 is 16.5. The highest BCUT2D eigenvalue weighted by Gasteiger charge is 2.23. The summed E-state index contributed by atoms with van der Waals surface area (Å²) >= 11 is 0. The average molecular weight is 309 g/mol. The Morgan fingerprint density at radius 3 is 2.73 bits per heavy atom. The van der Waals surface area contributed by atoms with E-state index in [2.05, 4.69) is 18.7 Å². The van der Waals surface area contributed by atoms with E-state index in [1.807, 2.05) is 24.3 Å². The normalized spacial score (nSPS) is 24.2. The molecule has 0 bridgehead atoms. The van der Waals surface area contributed by atoms with Crippen molar-refractivity contribution in [1.82, 2.24) is 4.90 Å². The summed E-state index contributed by atoms with van der Waals surface area (Å²) in [5.74, 6) is 0.818. The topological polar surface area (TPSA) is 51.2 Å². The van der Waals surface area contributed by atoms with Gasteiger partial charge < -0.3 is 19.3 Å². The lowest BCUT2D eigenvalue weighted by molar-refractivity contribution is -0.0826. The number of nitrogens with zero attached hydrogens (tertiary/aromatic N) is 1. The van der Waals surface area contributed by atoms with Gasteiger partial charge in [0.25, 0.3) is 0 Å². The predicted octanol–water partition coefficient (Wildman–Crippen LogP) is 1.68. The summed E-state index contributed by atoms with van der Waals surface area (Å²) in [4.78, 5) is 2.23. The fourth-order valence-corrected chi connectivity index (χ4v) is 2.86. The van der Waals surface area contributed by atoms with Gasteiger partial charge in [-0.2, -0.15) is 0 Å². The first-order chi connectivity index (χ1) is 10.6. The number of hydrogen-bond donors (Lipinski definition) is 1. The molecule has 2 rings (SSSR count). The smallest absolute Gasteiger partial charge is 0.119 e. The molecule has 0 radical (unpaired) electrons. The molecule has 5 nitrogen and oxygen atoms in total. The first kappa shape index (κ1) is 17.2. The lowest BCUT2D eigenvalue weighted by atomic mass is 10.2. The second kappa shape index (κ2) is 8.48. The van der Waals surface area contributed by atoms with Gasteiger partial charge in [0.1, 0.15) is 5.75 Å². The molecule has 0 aromatic heterocycles. The molecule has 3 unspecified atom stereocenters. The Labute approximate surface area is 132 Å². The molecular weight excluding hydrogens is 282 g/mol. The molecule has 1 saturated heterocycles. The number of morpholine rings is 1. The van der Waals surface area contributed by atoms with Crippen molar-refractivity contribution in [3.63, 3.8) is 0 Å². The summed E-state index contributed by atoms with van der Waals surface area (Å²) in [5, 5.41) is 10.1. The maximum absolute atomic E-state index is 10.1. The number of aliphatic hydroxyl groups is 1. The van der Waals surface area contributed by atoms with Gasteiger partial charge in [-0.05, 0) is 31.5 Å².